The minimum atomic E-state index is -0.833. The molecule has 1 atom stereocenters. The van der Waals surface area contributed by atoms with Gasteiger partial charge in [0.2, 0.25) is 5.43 Å². The molecule has 0 amide bonds. The molecular formula is C45H46N2O10. The topological polar surface area (TPSA) is 189 Å². The van der Waals surface area contributed by atoms with Crippen LogP contribution in [-0.4, -0.2) is 59.3 Å². The van der Waals surface area contributed by atoms with Crippen molar-refractivity contribution in [2.45, 2.75) is 102 Å². The normalized spacial score (nSPS) is 23.5. The lowest BCUT2D eigenvalue weighted by Crippen LogP contribution is -2.31. The number of aromatic hydroxyl groups is 1. The third-order valence-electron chi connectivity index (χ3n) is 13.4. The van der Waals surface area contributed by atoms with Crippen molar-refractivity contribution in [3.8, 4) is 17.2 Å². The lowest BCUT2D eigenvalue weighted by molar-refractivity contribution is -0.143. The first-order valence-electron chi connectivity index (χ1n) is 20.0. The monoisotopic (exact) mass is 774 g/mol. The van der Waals surface area contributed by atoms with Crippen LogP contribution in [0.25, 0.3) is 49.2 Å². The number of methoxy groups -OCH3 is 2. The van der Waals surface area contributed by atoms with Gasteiger partial charge in [-0.3, -0.25) is 24.0 Å². The van der Waals surface area contributed by atoms with Gasteiger partial charge >= 0.3 is 11.9 Å². The molecule has 0 aliphatic heterocycles. The van der Waals surface area contributed by atoms with E-state index in [0.29, 0.717) is 123 Å². The summed E-state index contributed by atoms with van der Waals surface area (Å²) in [5, 5.41) is 42.1. The fourth-order valence-electron chi connectivity index (χ4n) is 10.6. The van der Waals surface area contributed by atoms with Crippen LogP contribution in [0, 0.1) is 11.8 Å². The number of fused-ring (bicyclic) bond motifs is 1. The van der Waals surface area contributed by atoms with E-state index in [-0.39, 0.29) is 51.8 Å². The number of carboxylic acids is 2. The maximum absolute atomic E-state index is 15.4. The molecule has 4 aliphatic carbocycles. The number of aliphatic carboxylic acids is 2. The summed E-state index contributed by atoms with van der Waals surface area (Å²) in [6, 6.07) is 2.90. The SMILES string of the molecule is COc1cc(O)c2c(=O)c(NC3CCC(C(=O)O)CC3)c3c4c5c(c(C6CC6)c(=O)c6c(NC7CCC(C(=O)O)CC7)cc(OC)c(c1c24)c65)C(C(C)=O)C(C)=C3. The van der Waals surface area contributed by atoms with Crippen LogP contribution in [0.4, 0.5) is 11.4 Å². The molecule has 12 heteroatoms. The zero-order chi connectivity index (χ0) is 40.2. The zero-order valence-corrected chi connectivity index (χ0v) is 32.5. The molecule has 5 aromatic rings. The van der Waals surface area contributed by atoms with E-state index in [0.717, 1.165) is 12.8 Å². The fraction of sp³-hybridized carbons (Fsp3) is 0.444. The Labute approximate surface area is 327 Å². The smallest absolute Gasteiger partial charge is 0.306 e. The van der Waals surface area contributed by atoms with E-state index in [1.807, 2.05) is 13.0 Å². The van der Waals surface area contributed by atoms with E-state index in [1.54, 1.807) is 6.07 Å². The molecule has 0 heterocycles. The van der Waals surface area contributed by atoms with Gasteiger partial charge in [0.05, 0.1) is 48.4 Å². The Kier molecular flexibility index (Phi) is 8.74. The van der Waals surface area contributed by atoms with Crippen molar-refractivity contribution in [3.05, 3.63) is 54.8 Å². The third-order valence-corrected chi connectivity index (χ3v) is 13.4. The summed E-state index contributed by atoms with van der Waals surface area (Å²) in [7, 11) is 3.02. The molecular weight excluding hydrogens is 728 g/mol. The standard InChI is InChI=1S/C45H46N2O10/c1-18-15-25-32-38-34(43(51)41(25)47-24-13-9-22(10-14-24)45(54)55)27(49)17-29(57-4)36(38)35-28(56-3)16-26(46-23-11-7-21(8-12-23)44(52)53)33-40(35)39(32)37(30(18)19(2)48)31(42(33)50)20-5-6-20/h15-17,20-24,30,46-47,49H,5-14H2,1-4H3,(H,52,53)(H,54,55). The van der Waals surface area contributed by atoms with E-state index in [4.69, 9.17) is 9.47 Å². The zero-order valence-electron chi connectivity index (χ0n) is 32.5. The summed E-state index contributed by atoms with van der Waals surface area (Å²) in [6.45, 7) is 3.39. The second kappa shape index (κ2) is 13.5. The van der Waals surface area contributed by atoms with Crippen LogP contribution >= 0.6 is 0 Å². The number of nitrogens with one attached hydrogen (secondary N) is 2. The molecule has 0 spiro atoms. The predicted molar refractivity (Wildman–Crippen MR) is 219 cm³/mol. The number of carbonyl (C=O) groups is 3. The van der Waals surface area contributed by atoms with Gasteiger partial charge < -0.3 is 35.4 Å². The van der Waals surface area contributed by atoms with Gasteiger partial charge in [0.1, 0.15) is 23.0 Å². The van der Waals surface area contributed by atoms with Gasteiger partial charge in [-0.2, -0.15) is 0 Å². The molecule has 9 rings (SSSR count). The number of rotatable bonds is 10. The second-order valence-corrected chi connectivity index (χ2v) is 16.8. The number of anilines is 2. The highest BCUT2D eigenvalue weighted by Crippen LogP contribution is 2.57. The first-order valence-corrected chi connectivity index (χ1v) is 20.0. The number of hydrogen-bond acceptors (Lipinski definition) is 10. The number of ketones is 1. The Morgan fingerprint density at radius 3 is 1.72 bits per heavy atom. The molecule has 5 aromatic carbocycles. The lowest BCUT2D eigenvalue weighted by Gasteiger charge is -2.30. The number of allylic oxidation sites excluding steroid dienone is 1. The highest BCUT2D eigenvalue weighted by atomic mass is 16.5. The molecule has 1 unspecified atom stereocenters. The third kappa shape index (κ3) is 5.57. The van der Waals surface area contributed by atoms with Crippen LogP contribution in [0.3, 0.4) is 0 Å². The fourth-order valence-corrected chi connectivity index (χ4v) is 10.6. The van der Waals surface area contributed by atoms with Crippen LogP contribution in [0.5, 0.6) is 17.2 Å². The van der Waals surface area contributed by atoms with E-state index in [9.17, 15) is 34.5 Å². The van der Waals surface area contributed by atoms with Crippen molar-refractivity contribution in [1.29, 1.82) is 0 Å². The van der Waals surface area contributed by atoms with Crippen molar-refractivity contribution in [2.24, 2.45) is 11.8 Å². The largest absolute Gasteiger partial charge is 0.507 e. The average molecular weight is 775 g/mol. The van der Waals surface area contributed by atoms with Gasteiger partial charge in [-0.25, -0.2) is 0 Å². The molecule has 0 bridgehead atoms. The van der Waals surface area contributed by atoms with Gasteiger partial charge in [-0.15, -0.1) is 0 Å². The predicted octanol–water partition coefficient (Wildman–Crippen LogP) is 7.70. The highest BCUT2D eigenvalue weighted by Gasteiger charge is 2.41. The maximum atomic E-state index is 15.4. The van der Waals surface area contributed by atoms with Crippen LogP contribution < -0.4 is 31.0 Å². The molecule has 0 aromatic heterocycles. The molecule has 0 radical (unpaired) electrons. The highest BCUT2D eigenvalue weighted by molar-refractivity contribution is 6.40. The Bertz CT molecular complexity index is 2700. The number of carbonyl (C=O) groups excluding carboxylic acids is 1. The first-order chi connectivity index (χ1) is 27.3. The van der Waals surface area contributed by atoms with Crippen LogP contribution in [0.15, 0.2) is 27.3 Å². The quantitative estimate of drug-likeness (QED) is 0.0688. The van der Waals surface area contributed by atoms with E-state index < -0.39 is 35.1 Å². The van der Waals surface area contributed by atoms with Crippen molar-refractivity contribution in [2.75, 3.05) is 24.9 Å². The summed E-state index contributed by atoms with van der Waals surface area (Å²) in [5.74, 6) is -3.14. The Morgan fingerprint density at radius 1 is 0.649 bits per heavy atom. The summed E-state index contributed by atoms with van der Waals surface area (Å²) >= 11 is 0. The Hall–Kier alpha value is -5.65. The molecule has 4 aliphatic rings. The first kappa shape index (κ1) is 37.0. The van der Waals surface area contributed by atoms with Crippen LogP contribution in [-0.2, 0) is 14.4 Å². The lowest BCUT2D eigenvalue weighted by atomic mass is 9.77. The van der Waals surface area contributed by atoms with Crippen LogP contribution in [0.2, 0.25) is 0 Å². The summed E-state index contributed by atoms with van der Waals surface area (Å²) in [5.41, 5.74) is 2.63. The Balaban J connectivity index is 1.45. The minimum absolute atomic E-state index is 0.0713. The molecule has 3 fully saturated rings. The number of phenolic OH excluding ortho intramolecular Hbond substituents is 1. The number of ether oxygens (including phenoxy) is 2. The molecule has 5 N–H and O–H groups in total. The van der Waals surface area contributed by atoms with Crippen molar-refractivity contribution in [3.63, 3.8) is 0 Å². The minimum Gasteiger partial charge on any atom is -0.507 e. The summed E-state index contributed by atoms with van der Waals surface area (Å²) in [4.78, 5) is 68.0. The van der Waals surface area contributed by atoms with Crippen LogP contribution in [0.1, 0.15) is 107 Å². The number of hydrogen-bond donors (Lipinski definition) is 5. The van der Waals surface area contributed by atoms with Crippen molar-refractivity contribution < 1.29 is 39.2 Å². The van der Waals surface area contributed by atoms with Gasteiger partial charge in [0.25, 0.3) is 0 Å². The number of phenols is 1. The van der Waals surface area contributed by atoms with Crippen molar-refractivity contribution >= 4 is 78.3 Å². The number of carboxylic acid groups (broad SMARTS) is 2. The maximum Gasteiger partial charge on any atom is 0.306 e. The van der Waals surface area contributed by atoms with Gasteiger partial charge in [0, 0.05) is 68.0 Å². The Morgan fingerprint density at radius 2 is 1.19 bits per heavy atom. The summed E-state index contributed by atoms with van der Waals surface area (Å²) in [6.07, 6.45) is 7.60. The molecule has 57 heavy (non-hydrogen) atoms. The van der Waals surface area contributed by atoms with E-state index in [1.165, 1.54) is 27.2 Å². The molecule has 296 valence electrons. The number of Topliss-reactive ketones (excluding diaryl/α,β-unsaturated/α-hetero) is 1. The van der Waals surface area contributed by atoms with Gasteiger partial charge in [0.15, 0.2) is 5.43 Å². The van der Waals surface area contributed by atoms with E-state index in [2.05, 4.69) is 10.6 Å². The molecule has 3 saturated carbocycles. The van der Waals surface area contributed by atoms with Gasteiger partial charge in [-0.1, -0.05) is 11.6 Å². The molecule has 12 nitrogen and oxygen atoms in total. The number of benzene rings is 5. The van der Waals surface area contributed by atoms with Crippen molar-refractivity contribution in [1.82, 2.24) is 0 Å². The van der Waals surface area contributed by atoms with Gasteiger partial charge in [-0.05, 0) is 94.9 Å². The second-order valence-electron chi connectivity index (χ2n) is 16.8. The average Bonchev–Trinajstić information content (AvgIpc) is 4.03. The molecule has 0 saturated heterocycles. The van der Waals surface area contributed by atoms with E-state index >= 15 is 4.79 Å². The summed E-state index contributed by atoms with van der Waals surface area (Å²) < 4.78 is 12.1.